The summed E-state index contributed by atoms with van der Waals surface area (Å²) >= 11 is 0. The molecule has 0 unspecified atom stereocenters. The molecule has 4 nitrogen and oxygen atoms in total. The first-order valence-electron chi connectivity index (χ1n) is 18.5. The minimum absolute atomic E-state index is 0.00845. The van der Waals surface area contributed by atoms with Crippen molar-refractivity contribution in [3.8, 4) is 12.1 Å². The van der Waals surface area contributed by atoms with Gasteiger partial charge in [0.1, 0.15) is 0 Å². The summed E-state index contributed by atoms with van der Waals surface area (Å²) in [5, 5.41) is 26.6. The predicted octanol–water partition coefficient (Wildman–Crippen LogP) is 13.8. The predicted molar refractivity (Wildman–Crippen MR) is 227 cm³/mol. The lowest BCUT2D eigenvalue weighted by Crippen LogP contribution is -2.16. The van der Waals surface area contributed by atoms with Crippen molar-refractivity contribution >= 4 is 66.4 Å². The summed E-state index contributed by atoms with van der Waals surface area (Å²) in [4.78, 5) is 4.70. The molecular formula is C50H42N4. The third-order valence-corrected chi connectivity index (χ3v) is 10.7. The standard InChI is InChI=1S/C50H42N4/c1-31-8-22-44(33(3)24-31)53(40-16-10-35(29-51)11-17-40)46-28-47(54(41-18-12-36(30-52)13-19-41)45-23-9-32(2)25-34(45)4)43-21-15-38-27-39(50(5,6)7)26-37-14-20-42(46)49(43)48(37)38/h8-28H,1-7H3. The molecular weight excluding hydrogens is 657 g/mol. The fraction of sp³-hybridized carbons (Fsp3) is 0.160. The molecule has 4 heteroatoms. The minimum atomic E-state index is -0.00845. The molecule has 54 heavy (non-hydrogen) atoms. The van der Waals surface area contributed by atoms with Gasteiger partial charge in [-0.3, -0.25) is 0 Å². The van der Waals surface area contributed by atoms with E-state index in [-0.39, 0.29) is 5.41 Å². The second kappa shape index (κ2) is 13.1. The number of anilines is 6. The van der Waals surface area contributed by atoms with Crippen LogP contribution in [0, 0.1) is 50.4 Å². The molecule has 0 radical (unpaired) electrons. The van der Waals surface area contributed by atoms with Gasteiger partial charge in [0.15, 0.2) is 0 Å². The molecule has 0 fully saturated rings. The maximum absolute atomic E-state index is 9.74. The first-order valence-corrected chi connectivity index (χ1v) is 18.5. The molecule has 0 saturated heterocycles. The van der Waals surface area contributed by atoms with Crippen LogP contribution in [0.1, 0.15) is 59.7 Å². The van der Waals surface area contributed by atoms with Crippen molar-refractivity contribution in [2.24, 2.45) is 0 Å². The highest BCUT2D eigenvalue weighted by Gasteiger charge is 2.26. The van der Waals surface area contributed by atoms with E-state index in [1.165, 1.54) is 38.2 Å². The van der Waals surface area contributed by atoms with Gasteiger partial charge in [-0.1, -0.05) is 92.6 Å². The maximum Gasteiger partial charge on any atom is 0.0991 e. The lowest BCUT2D eigenvalue weighted by Gasteiger charge is -2.33. The van der Waals surface area contributed by atoms with Crippen LogP contribution >= 0.6 is 0 Å². The van der Waals surface area contributed by atoms with Crippen molar-refractivity contribution in [2.75, 3.05) is 9.80 Å². The third kappa shape index (κ3) is 5.87. The van der Waals surface area contributed by atoms with Gasteiger partial charge in [-0.25, -0.2) is 0 Å². The van der Waals surface area contributed by atoms with Gasteiger partial charge in [-0.15, -0.1) is 0 Å². The van der Waals surface area contributed by atoms with E-state index < -0.39 is 0 Å². The Morgan fingerprint density at radius 3 is 1.24 bits per heavy atom. The highest BCUT2D eigenvalue weighted by Crippen LogP contribution is 2.51. The first kappa shape index (κ1) is 34.5. The number of hydrogen-bond donors (Lipinski definition) is 0. The van der Waals surface area contributed by atoms with Gasteiger partial charge in [0.25, 0.3) is 0 Å². The van der Waals surface area contributed by atoms with Crippen LogP contribution in [0.3, 0.4) is 0 Å². The Labute approximate surface area is 318 Å². The molecule has 0 saturated carbocycles. The van der Waals surface area contributed by atoms with E-state index in [1.807, 2.05) is 48.5 Å². The molecule has 0 aliphatic carbocycles. The summed E-state index contributed by atoms with van der Waals surface area (Å²) < 4.78 is 0. The van der Waals surface area contributed by atoms with E-state index in [2.05, 4.69) is 149 Å². The molecule has 0 atom stereocenters. The second-order valence-electron chi connectivity index (χ2n) is 15.6. The van der Waals surface area contributed by atoms with Crippen molar-refractivity contribution in [1.29, 1.82) is 10.5 Å². The summed E-state index contributed by atoms with van der Waals surface area (Å²) in [5.41, 5.74) is 13.4. The van der Waals surface area contributed by atoms with Crippen LogP contribution in [0.5, 0.6) is 0 Å². The first-order chi connectivity index (χ1) is 25.9. The van der Waals surface area contributed by atoms with Gasteiger partial charge in [0.2, 0.25) is 0 Å². The summed E-state index contributed by atoms with van der Waals surface area (Å²) in [6, 6.07) is 49.8. The van der Waals surface area contributed by atoms with Crippen LogP contribution in [0.2, 0.25) is 0 Å². The normalized spacial score (nSPS) is 11.6. The van der Waals surface area contributed by atoms with E-state index in [0.717, 1.165) is 56.0 Å². The maximum atomic E-state index is 9.74. The fourth-order valence-electron chi connectivity index (χ4n) is 7.98. The summed E-state index contributed by atoms with van der Waals surface area (Å²) in [6.07, 6.45) is 0. The van der Waals surface area contributed by atoms with Gasteiger partial charge in [0, 0.05) is 38.9 Å². The zero-order chi connectivity index (χ0) is 37.9. The molecule has 0 spiro atoms. The van der Waals surface area contributed by atoms with Crippen molar-refractivity contribution in [1.82, 2.24) is 0 Å². The monoisotopic (exact) mass is 698 g/mol. The summed E-state index contributed by atoms with van der Waals surface area (Å²) in [5.74, 6) is 0. The lowest BCUT2D eigenvalue weighted by atomic mass is 9.83. The Balaban J connectivity index is 1.55. The van der Waals surface area contributed by atoms with Gasteiger partial charge in [0.05, 0.1) is 34.6 Å². The highest BCUT2D eigenvalue weighted by atomic mass is 15.2. The van der Waals surface area contributed by atoms with E-state index >= 15 is 0 Å². The summed E-state index contributed by atoms with van der Waals surface area (Å²) in [7, 11) is 0. The Kier molecular flexibility index (Phi) is 8.36. The zero-order valence-corrected chi connectivity index (χ0v) is 31.9. The quantitative estimate of drug-likeness (QED) is 0.162. The molecule has 0 bridgehead atoms. The molecule has 0 N–H and O–H groups in total. The van der Waals surface area contributed by atoms with Gasteiger partial charge in [-0.2, -0.15) is 10.5 Å². The molecule has 0 heterocycles. The Morgan fingerprint density at radius 1 is 0.444 bits per heavy atom. The minimum Gasteiger partial charge on any atom is -0.310 e. The molecule has 8 aromatic carbocycles. The van der Waals surface area contributed by atoms with Gasteiger partial charge < -0.3 is 9.80 Å². The lowest BCUT2D eigenvalue weighted by molar-refractivity contribution is 0.591. The van der Waals surface area contributed by atoms with Crippen molar-refractivity contribution in [3.63, 3.8) is 0 Å². The largest absolute Gasteiger partial charge is 0.310 e. The Morgan fingerprint density at radius 2 is 0.870 bits per heavy atom. The Bertz CT molecular complexity index is 2630. The number of hydrogen-bond acceptors (Lipinski definition) is 4. The zero-order valence-electron chi connectivity index (χ0n) is 31.9. The molecule has 0 aliphatic rings. The van der Waals surface area contributed by atoms with E-state index in [1.54, 1.807) is 0 Å². The smallest absolute Gasteiger partial charge is 0.0991 e. The Hall–Kier alpha value is -6.62. The van der Waals surface area contributed by atoms with Gasteiger partial charge in [-0.05, 0) is 133 Å². The molecule has 8 aromatic rings. The van der Waals surface area contributed by atoms with Crippen LogP contribution in [0.25, 0.3) is 32.3 Å². The van der Waals surface area contributed by atoms with Crippen LogP contribution in [-0.2, 0) is 5.41 Å². The van der Waals surface area contributed by atoms with Crippen LogP contribution in [0.15, 0.2) is 127 Å². The summed E-state index contributed by atoms with van der Waals surface area (Å²) in [6.45, 7) is 15.4. The molecule has 8 rings (SSSR count). The number of nitrogens with zero attached hydrogens (tertiary/aromatic N) is 4. The topological polar surface area (TPSA) is 54.1 Å². The number of benzene rings is 8. The van der Waals surface area contributed by atoms with E-state index in [4.69, 9.17) is 0 Å². The van der Waals surface area contributed by atoms with Gasteiger partial charge >= 0.3 is 0 Å². The second-order valence-corrected chi connectivity index (χ2v) is 15.6. The van der Waals surface area contributed by atoms with Crippen LogP contribution in [-0.4, -0.2) is 0 Å². The van der Waals surface area contributed by atoms with E-state index in [0.29, 0.717) is 11.1 Å². The number of aryl methyl sites for hydroxylation is 4. The molecule has 0 aromatic heterocycles. The third-order valence-electron chi connectivity index (χ3n) is 10.7. The number of nitriles is 2. The van der Waals surface area contributed by atoms with Crippen LogP contribution < -0.4 is 9.80 Å². The van der Waals surface area contributed by atoms with Crippen LogP contribution in [0.4, 0.5) is 34.1 Å². The van der Waals surface area contributed by atoms with Crippen molar-refractivity contribution in [3.05, 3.63) is 166 Å². The van der Waals surface area contributed by atoms with Crippen molar-refractivity contribution < 1.29 is 0 Å². The SMILES string of the molecule is Cc1ccc(N(c2ccc(C#N)cc2)c2cc(N(c3ccc(C#N)cc3)c3ccc(C)cc3C)c3ccc4cc(C(C)(C)C)cc5ccc2c3c54)c(C)c1. The number of rotatable bonds is 6. The van der Waals surface area contributed by atoms with E-state index in [9.17, 15) is 10.5 Å². The average Bonchev–Trinajstić information content (AvgIpc) is 3.16. The van der Waals surface area contributed by atoms with Crippen molar-refractivity contribution in [2.45, 2.75) is 53.9 Å². The molecule has 0 amide bonds. The highest BCUT2D eigenvalue weighted by molar-refractivity contribution is 6.29. The fourth-order valence-corrected chi connectivity index (χ4v) is 7.98. The molecule has 0 aliphatic heterocycles. The average molecular weight is 699 g/mol. The molecule has 262 valence electrons.